The summed E-state index contributed by atoms with van der Waals surface area (Å²) >= 11 is 0. The molecular weight excluding hydrogens is 182 g/mol. The Balaban J connectivity index is 2.38. The minimum atomic E-state index is -0.993. The van der Waals surface area contributed by atoms with Crippen LogP contribution in [0.3, 0.4) is 0 Å². The molecular formula is C10H9NO3. The normalized spacial score (nSPS) is 19.7. The standard InChI is InChI=1S/C10H9NO3/c12-9-7-4-2-1-3-6(7)5-8(11-9)10(13)14/h1-4,8H,5H2,(H,11,12)(H,13,14)/t8-/m0/s1. The van der Waals surface area contributed by atoms with Gasteiger partial charge in [0.05, 0.1) is 0 Å². The second kappa shape index (κ2) is 3.14. The first kappa shape index (κ1) is 8.74. The molecule has 1 aromatic carbocycles. The summed E-state index contributed by atoms with van der Waals surface area (Å²) in [5, 5.41) is 11.2. The lowest BCUT2D eigenvalue weighted by atomic mass is 9.95. The van der Waals surface area contributed by atoms with Gasteiger partial charge in [0.1, 0.15) is 6.04 Å². The maximum Gasteiger partial charge on any atom is 0.326 e. The summed E-state index contributed by atoms with van der Waals surface area (Å²) in [6, 6.07) is 6.25. The van der Waals surface area contributed by atoms with Crippen LogP contribution in [0.15, 0.2) is 24.3 Å². The Bertz CT molecular complexity index is 400. The number of hydrogen-bond donors (Lipinski definition) is 2. The van der Waals surface area contributed by atoms with Crippen LogP contribution in [0, 0.1) is 0 Å². The summed E-state index contributed by atoms with van der Waals surface area (Å²) in [5.41, 5.74) is 1.37. The van der Waals surface area contributed by atoms with Crippen LogP contribution >= 0.6 is 0 Å². The third-order valence-electron chi connectivity index (χ3n) is 2.29. The number of carbonyl (C=O) groups excluding carboxylic acids is 1. The Morgan fingerprint density at radius 1 is 1.43 bits per heavy atom. The number of carboxylic acids is 1. The van der Waals surface area contributed by atoms with Gasteiger partial charge < -0.3 is 10.4 Å². The van der Waals surface area contributed by atoms with Gasteiger partial charge in [-0.25, -0.2) is 4.79 Å². The van der Waals surface area contributed by atoms with Gasteiger partial charge in [0.25, 0.3) is 5.91 Å². The third kappa shape index (κ3) is 1.35. The van der Waals surface area contributed by atoms with Crippen molar-refractivity contribution in [2.45, 2.75) is 12.5 Å². The van der Waals surface area contributed by atoms with E-state index in [1.165, 1.54) is 0 Å². The summed E-state index contributed by atoms with van der Waals surface area (Å²) in [7, 11) is 0. The van der Waals surface area contributed by atoms with Gasteiger partial charge in [0.2, 0.25) is 0 Å². The lowest BCUT2D eigenvalue weighted by Crippen LogP contribution is -2.46. The molecule has 1 amide bonds. The smallest absolute Gasteiger partial charge is 0.326 e. The van der Waals surface area contributed by atoms with E-state index in [-0.39, 0.29) is 5.91 Å². The molecule has 2 N–H and O–H groups in total. The molecule has 0 fully saturated rings. The van der Waals surface area contributed by atoms with E-state index in [2.05, 4.69) is 5.32 Å². The van der Waals surface area contributed by atoms with Crippen molar-refractivity contribution in [1.82, 2.24) is 5.32 Å². The number of amides is 1. The van der Waals surface area contributed by atoms with Gasteiger partial charge >= 0.3 is 5.97 Å². The molecule has 4 heteroatoms. The SMILES string of the molecule is O=C1N[C@H](C(=O)O)Cc2ccccc21. The number of carboxylic acid groups (broad SMARTS) is 1. The van der Waals surface area contributed by atoms with Crippen molar-refractivity contribution in [3.05, 3.63) is 35.4 Å². The van der Waals surface area contributed by atoms with E-state index in [0.717, 1.165) is 5.56 Å². The van der Waals surface area contributed by atoms with Crippen LogP contribution in [0.5, 0.6) is 0 Å². The predicted molar refractivity (Wildman–Crippen MR) is 49.0 cm³/mol. The first-order chi connectivity index (χ1) is 6.68. The van der Waals surface area contributed by atoms with Gasteiger partial charge in [0, 0.05) is 12.0 Å². The van der Waals surface area contributed by atoms with Crippen LogP contribution in [0.4, 0.5) is 0 Å². The summed E-state index contributed by atoms with van der Waals surface area (Å²) in [5.74, 6) is -1.30. The number of nitrogens with one attached hydrogen (secondary N) is 1. The van der Waals surface area contributed by atoms with E-state index in [1.807, 2.05) is 0 Å². The van der Waals surface area contributed by atoms with Gasteiger partial charge in [0.15, 0.2) is 0 Å². The number of carbonyl (C=O) groups is 2. The summed E-state index contributed by atoms with van der Waals surface area (Å²) in [4.78, 5) is 22.1. The molecule has 0 aliphatic carbocycles. The molecule has 0 aromatic heterocycles. The monoisotopic (exact) mass is 191 g/mol. The highest BCUT2D eigenvalue weighted by atomic mass is 16.4. The predicted octanol–water partition coefficient (Wildman–Crippen LogP) is 0.426. The largest absolute Gasteiger partial charge is 0.480 e. The van der Waals surface area contributed by atoms with E-state index in [0.29, 0.717) is 12.0 Å². The van der Waals surface area contributed by atoms with Gasteiger partial charge in [-0.3, -0.25) is 4.79 Å². The van der Waals surface area contributed by atoms with Gasteiger partial charge in [-0.05, 0) is 11.6 Å². The highest BCUT2D eigenvalue weighted by Crippen LogP contribution is 2.16. The summed E-state index contributed by atoms with van der Waals surface area (Å²) in [6.45, 7) is 0. The van der Waals surface area contributed by atoms with Crippen molar-refractivity contribution in [3.8, 4) is 0 Å². The fourth-order valence-electron chi connectivity index (χ4n) is 1.58. The molecule has 1 atom stereocenters. The zero-order valence-electron chi connectivity index (χ0n) is 7.36. The number of rotatable bonds is 1. The Labute approximate surface area is 80.6 Å². The van der Waals surface area contributed by atoms with Gasteiger partial charge in [-0.2, -0.15) is 0 Å². The second-order valence-corrected chi connectivity index (χ2v) is 3.23. The lowest BCUT2D eigenvalue weighted by molar-refractivity contribution is -0.139. The highest BCUT2D eigenvalue weighted by Gasteiger charge is 2.27. The Morgan fingerprint density at radius 3 is 2.86 bits per heavy atom. The molecule has 14 heavy (non-hydrogen) atoms. The molecule has 0 radical (unpaired) electrons. The van der Waals surface area contributed by atoms with Crippen LogP contribution < -0.4 is 5.32 Å². The number of hydrogen-bond acceptors (Lipinski definition) is 2. The van der Waals surface area contributed by atoms with Crippen molar-refractivity contribution in [2.75, 3.05) is 0 Å². The minimum absolute atomic E-state index is 0.306. The quantitative estimate of drug-likeness (QED) is 0.676. The van der Waals surface area contributed by atoms with Gasteiger partial charge in [-0.15, -0.1) is 0 Å². The number of fused-ring (bicyclic) bond motifs is 1. The molecule has 0 bridgehead atoms. The number of aliphatic carboxylic acids is 1. The topological polar surface area (TPSA) is 66.4 Å². The average Bonchev–Trinajstić information content (AvgIpc) is 2.17. The molecule has 1 aromatic rings. The first-order valence-corrected chi connectivity index (χ1v) is 4.30. The van der Waals surface area contributed by atoms with E-state index in [1.54, 1.807) is 24.3 Å². The van der Waals surface area contributed by atoms with Crippen LogP contribution in [-0.2, 0) is 11.2 Å². The van der Waals surface area contributed by atoms with Crippen LogP contribution in [0.2, 0.25) is 0 Å². The molecule has 0 spiro atoms. The van der Waals surface area contributed by atoms with Crippen LogP contribution in [0.25, 0.3) is 0 Å². The fourth-order valence-corrected chi connectivity index (χ4v) is 1.58. The van der Waals surface area contributed by atoms with Crippen LogP contribution in [-0.4, -0.2) is 23.0 Å². The molecule has 0 saturated heterocycles. The van der Waals surface area contributed by atoms with Crippen molar-refractivity contribution in [2.24, 2.45) is 0 Å². The number of benzene rings is 1. The molecule has 1 heterocycles. The van der Waals surface area contributed by atoms with Crippen molar-refractivity contribution in [3.63, 3.8) is 0 Å². The van der Waals surface area contributed by atoms with E-state index in [9.17, 15) is 9.59 Å². The molecule has 4 nitrogen and oxygen atoms in total. The van der Waals surface area contributed by atoms with Crippen molar-refractivity contribution in [1.29, 1.82) is 0 Å². The Kier molecular flexibility index (Phi) is 1.96. The Hall–Kier alpha value is -1.84. The zero-order chi connectivity index (χ0) is 10.1. The highest BCUT2D eigenvalue weighted by molar-refractivity contribution is 5.99. The van der Waals surface area contributed by atoms with Gasteiger partial charge in [-0.1, -0.05) is 18.2 Å². The average molecular weight is 191 g/mol. The molecule has 0 saturated carbocycles. The minimum Gasteiger partial charge on any atom is -0.480 e. The fraction of sp³-hybridized carbons (Fsp3) is 0.200. The maximum atomic E-state index is 11.4. The molecule has 2 rings (SSSR count). The second-order valence-electron chi connectivity index (χ2n) is 3.23. The molecule has 1 aliphatic rings. The van der Waals surface area contributed by atoms with E-state index < -0.39 is 12.0 Å². The van der Waals surface area contributed by atoms with Crippen LogP contribution in [0.1, 0.15) is 15.9 Å². The maximum absolute atomic E-state index is 11.4. The first-order valence-electron chi connectivity index (χ1n) is 4.30. The molecule has 0 unspecified atom stereocenters. The van der Waals surface area contributed by atoms with E-state index in [4.69, 9.17) is 5.11 Å². The lowest BCUT2D eigenvalue weighted by Gasteiger charge is -2.22. The zero-order valence-corrected chi connectivity index (χ0v) is 7.36. The van der Waals surface area contributed by atoms with Crippen molar-refractivity contribution >= 4 is 11.9 Å². The summed E-state index contributed by atoms with van der Waals surface area (Å²) in [6.07, 6.45) is 0.358. The molecule has 1 aliphatic heterocycles. The molecule has 72 valence electrons. The van der Waals surface area contributed by atoms with Crippen molar-refractivity contribution < 1.29 is 14.7 Å². The third-order valence-corrected chi connectivity index (χ3v) is 2.29. The summed E-state index contributed by atoms with van der Waals surface area (Å²) < 4.78 is 0. The van der Waals surface area contributed by atoms with E-state index >= 15 is 0 Å². The Morgan fingerprint density at radius 2 is 2.14 bits per heavy atom.